The molecule has 0 saturated carbocycles. The van der Waals surface area contributed by atoms with Crippen molar-refractivity contribution in [1.29, 1.82) is 0 Å². The zero-order valence-corrected chi connectivity index (χ0v) is 23.3. The molecule has 4 aliphatic rings. The molecule has 0 radical (unpaired) electrons. The molecule has 2 fully saturated rings. The van der Waals surface area contributed by atoms with Crippen molar-refractivity contribution in [1.82, 2.24) is 10.2 Å². The molecule has 5 bridgehead atoms. The van der Waals surface area contributed by atoms with Crippen molar-refractivity contribution in [2.24, 2.45) is 11.8 Å². The summed E-state index contributed by atoms with van der Waals surface area (Å²) in [6, 6.07) is 4.25. The molecule has 1 aromatic carbocycles. The van der Waals surface area contributed by atoms with E-state index in [9.17, 15) is 24.3 Å². The molecule has 6 atom stereocenters. The molecule has 0 aliphatic carbocycles. The van der Waals surface area contributed by atoms with Gasteiger partial charge in [-0.05, 0) is 38.3 Å². The fourth-order valence-corrected chi connectivity index (χ4v) is 6.60. The molecule has 11 heteroatoms. The highest BCUT2D eigenvalue weighted by Crippen LogP contribution is 2.56. The van der Waals surface area contributed by atoms with E-state index in [4.69, 9.17) is 21.1 Å². The number of cyclic esters (lactones) is 1. The SMILES string of the molecule is Cc1cccc(Cl)c1N1C/C=C\CCC(=O)NC[C@H](C)OC(=O)[C@@H]2[C@H]3C(=O)N(CCCO)[C@H](C1=O)[C@]31C=C[C@H]2O1. The summed E-state index contributed by atoms with van der Waals surface area (Å²) in [6.07, 6.45) is 6.65. The molecular formula is C29H34ClN3O7. The van der Waals surface area contributed by atoms with Crippen molar-refractivity contribution in [2.45, 2.75) is 57.0 Å². The number of benzene rings is 1. The third-order valence-electron chi connectivity index (χ3n) is 8.06. The van der Waals surface area contributed by atoms with Gasteiger partial charge in [0.15, 0.2) is 0 Å². The number of carbonyl (C=O) groups excluding carboxylic acids is 4. The molecule has 0 aromatic heterocycles. The van der Waals surface area contributed by atoms with E-state index in [-0.39, 0.29) is 45.0 Å². The average molecular weight is 572 g/mol. The van der Waals surface area contributed by atoms with Gasteiger partial charge in [-0.1, -0.05) is 48.0 Å². The van der Waals surface area contributed by atoms with Gasteiger partial charge < -0.3 is 29.7 Å². The quantitative estimate of drug-likeness (QED) is 0.418. The lowest BCUT2D eigenvalue weighted by Crippen LogP contribution is -2.56. The standard InChI is InChI=1S/C29H34ClN3O7/c1-17-8-6-9-19(30)24(17)32-13-5-3-4-10-21(35)31-16-18(2)39-28(38)22-20-11-12-29(40-20)23(22)26(36)33(14-7-15-34)25(29)27(32)37/h3,5-6,8-9,11-12,18,20,22-23,25,34H,4,7,10,13-16H2,1-2H3,(H,31,35)/b5-3-/t18-,20+,22-,23-,25+,29-/m0/s1. The first kappa shape index (κ1) is 28.3. The van der Waals surface area contributed by atoms with E-state index in [1.165, 1.54) is 9.80 Å². The summed E-state index contributed by atoms with van der Waals surface area (Å²) in [5.74, 6) is -3.53. The van der Waals surface area contributed by atoms with Crippen LogP contribution in [0.4, 0.5) is 5.69 Å². The van der Waals surface area contributed by atoms with Crippen molar-refractivity contribution in [2.75, 3.05) is 31.1 Å². The Labute approximate surface area is 237 Å². The van der Waals surface area contributed by atoms with Gasteiger partial charge in [0.1, 0.15) is 23.7 Å². The highest BCUT2D eigenvalue weighted by atomic mass is 35.5. The van der Waals surface area contributed by atoms with Crippen molar-refractivity contribution in [3.8, 4) is 0 Å². The van der Waals surface area contributed by atoms with Gasteiger partial charge in [-0.25, -0.2) is 0 Å². The predicted molar refractivity (Wildman–Crippen MR) is 146 cm³/mol. The maximum atomic E-state index is 14.6. The second-order valence-corrected chi connectivity index (χ2v) is 11.1. The number of amides is 3. The normalized spacial score (nSPS) is 33.2. The monoisotopic (exact) mass is 571 g/mol. The largest absolute Gasteiger partial charge is 0.460 e. The lowest BCUT2D eigenvalue weighted by molar-refractivity contribution is -0.158. The number of aryl methyl sites for hydroxylation is 1. The number of para-hydroxylation sites is 1. The number of halogens is 1. The number of fused-ring (bicyclic) bond motifs is 2. The number of hydrogen-bond acceptors (Lipinski definition) is 7. The van der Waals surface area contributed by atoms with Crippen LogP contribution in [-0.4, -0.2) is 83.8 Å². The number of allylic oxidation sites excluding steroid dienone is 1. The van der Waals surface area contributed by atoms with Crippen LogP contribution in [0.1, 0.15) is 31.7 Å². The Balaban J connectivity index is 1.62. The lowest BCUT2D eigenvalue weighted by atomic mass is 9.74. The third-order valence-corrected chi connectivity index (χ3v) is 8.36. The van der Waals surface area contributed by atoms with Crippen molar-refractivity contribution in [3.05, 3.63) is 53.1 Å². The van der Waals surface area contributed by atoms with Crippen LogP contribution in [0.5, 0.6) is 0 Å². The van der Waals surface area contributed by atoms with Crippen molar-refractivity contribution in [3.63, 3.8) is 0 Å². The second-order valence-electron chi connectivity index (χ2n) is 10.7. The van der Waals surface area contributed by atoms with E-state index in [1.807, 2.05) is 19.1 Å². The number of rotatable bonds is 4. The zero-order chi connectivity index (χ0) is 28.6. The fraction of sp³-hybridized carbons (Fsp3) is 0.517. The predicted octanol–water partition coefficient (Wildman–Crippen LogP) is 1.91. The minimum absolute atomic E-state index is 0.112. The van der Waals surface area contributed by atoms with E-state index in [2.05, 4.69) is 5.32 Å². The summed E-state index contributed by atoms with van der Waals surface area (Å²) in [7, 11) is 0. The number of anilines is 1. The van der Waals surface area contributed by atoms with Gasteiger partial charge in [-0.3, -0.25) is 19.2 Å². The highest BCUT2D eigenvalue weighted by molar-refractivity contribution is 6.34. The fourth-order valence-electron chi connectivity index (χ4n) is 6.28. The Bertz CT molecular complexity index is 1250. The first-order chi connectivity index (χ1) is 19.2. The molecule has 214 valence electrons. The minimum Gasteiger partial charge on any atom is -0.460 e. The van der Waals surface area contributed by atoms with Crippen LogP contribution in [0.3, 0.4) is 0 Å². The van der Waals surface area contributed by atoms with Crippen LogP contribution in [-0.2, 0) is 28.7 Å². The molecule has 40 heavy (non-hydrogen) atoms. The molecule has 1 spiro atoms. The van der Waals surface area contributed by atoms with Crippen molar-refractivity contribution < 1.29 is 33.8 Å². The third kappa shape index (κ3) is 4.82. The van der Waals surface area contributed by atoms with E-state index >= 15 is 0 Å². The van der Waals surface area contributed by atoms with Crippen LogP contribution < -0.4 is 10.2 Å². The van der Waals surface area contributed by atoms with E-state index in [0.29, 0.717) is 17.1 Å². The smallest absolute Gasteiger partial charge is 0.313 e. The second kappa shape index (κ2) is 11.3. The summed E-state index contributed by atoms with van der Waals surface area (Å²) < 4.78 is 12.0. The van der Waals surface area contributed by atoms with Gasteiger partial charge in [-0.2, -0.15) is 0 Å². The van der Waals surface area contributed by atoms with Crippen LogP contribution >= 0.6 is 11.6 Å². The summed E-state index contributed by atoms with van der Waals surface area (Å²) in [5, 5.41) is 12.7. The summed E-state index contributed by atoms with van der Waals surface area (Å²) in [5.41, 5.74) is -0.104. The Morgan fingerprint density at radius 1 is 1.18 bits per heavy atom. The van der Waals surface area contributed by atoms with Gasteiger partial charge in [-0.15, -0.1) is 0 Å². The van der Waals surface area contributed by atoms with Gasteiger partial charge in [0.2, 0.25) is 11.8 Å². The van der Waals surface area contributed by atoms with Crippen LogP contribution in [0.2, 0.25) is 5.02 Å². The van der Waals surface area contributed by atoms with Gasteiger partial charge in [0, 0.05) is 26.1 Å². The van der Waals surface area contributed by atoms with Gasteiger partial charge in [0.05, 0.1) is 29.3 Å². The number of carbonyl (C=O) groups is 4. The first-order valence-electron chi connectivity index (χ1n) is 13.7. The molecule has 3 amide bonds. The Hall–Kier alpha value is -3.21. The summed E-state index contributed by atoms with van der Waals surface area (Å²) >= 11 is 6.63. The number of nitrogens with one attached hydrogen (secondary N) is 1. The molecule has 2 N–H and O–H groups in total. The molecule has 10 nitrogen and oxygen atoms in total. The van der Waals surface area contributed by atoms with E-state index < -0.39 is 53.5 Å². The molecule has 0 unspecified atom stereocenters. The van der Waals surface area contributed by atoms with Gasteiger partial charge >= 0.3 is 5.97 Å². The maximum absolute atomic E-state index is 14.6. The first-order valence-corrected chi connectivity index (χ1v) is 14.0. The van der Waals surface area contributed by atoms with Crippen LogP contribution in [0.25, 0.3) is 0 Å². The number of likely N-dealkylation sites (tertiary alicyclic amines) is 1. The average Bonchev–Trinajstić information content (AvgIpc) is 3.55. The Morgan fingerprint density at radius 2 is 1.98 bits per heavy atom. The van der Waals surface area contributed by atoms with Crippen LogP contribution in [0.15, 0.2) is 42.5 Å². The van der Waals surface area contributed by atoms with Crippen LogP contribution in [0, 0.1) is 18.8 Å². The lowest BCUT2D eigenvalue weighted by Gasteiger charge is -2.36. The van der Waals surface area contributed by atoms with Gasteiger partial charge in [0.25, 0.3) is 5.91 Å². The molecule has 1 aromatic rings. The molecule has 4 heterocycles. The van der Waals surface area contributed by atoms with E-state index in [1.54, 1.807) is 37.3 Å². The molecule has 2 saturated heterocycles. The number of esters is 1. The highest BCUT2D eigenvalue weighted by Gasteiger charge is 2.73. The molecule has 4 aliphatic heterocycles. The number of nitrogens with zero attached hydrogens (tertiary/aromatic N) is 2. The summed E-state index contributed by atoms with van der Waals surface area (Å²) in [4.78, 5) is 57.3. The number of ether oxygens (including phenoxy) is 2. The van der Waals surface area contributed by atoms with E-state index in [0.717, 1.165) is 5.56 Å². The van der Waals surface area contributed by atoms with Crippen molar-refractivity contribution >= 4 is 41.0 Å². The maximum Gasteiger partial charge on any atom is 0.313 e. The molecular weight excluding hydrogens is 538 g/mol. The topological polar surface area (TPSA) is 125 Å². The number of hydrogen-bond donors (Lipinski definition) is 2. The Morgan fingerprint density at radius 3 is 2.73 bits per heavy atom. The number of aliphatic hydroxyl groups excluding tert-OH is 1. The number of aliphatic hydroxyl groups is 1. The molecule has 5 rings (SSSR count). The summed E-state index contributed by atoms with van der Waals surface area (Å²) in [6.45, 7) is 3.73. The Kier molecular flexibility index (Phi) is 8.03. The zero-order valence-electron chi connectivity index (χ0n) is 22.5. The minimum atomic E-state index is -1.37.